The number of ether oxygens (including phenoxy) is 1. The third kappa shape index (κ3) is 3.55. The van der Waals surface area contributed by atoms with Gasteiger partial charge in [-0.1, -0.05) is 13.8 Å². The van der Waals surface area contributed by atoms with Crippen LogP contribution in [-0.2, 0) is 4.74 Å². The lowest BCUT2D eigenvalue weighted by atomic mass is 10.2. The summed E-state index contributed by atoms with van der Waals surface area (Å²) >= 11 is 0. The minimum absolute atomic E-state index is 0.0379. The number of hydrogen-bond acceptors (Lipinski definition) is 4. The molecule has 17 heavy (non-hydrogen) atoms. The fourth-order valence-electron chi connectivity index (χ4n) is 1.39. The summed E-state index contributed by atoms with van der Waals surface area (Å²) in [7, 11) is 0. The molecule has 0 N–H and O–H groups in total. The maximum Gasteiger partial charge on any atom is 0.338 e. The maximum absolute atomic E-state index is 11.7. The van der Waals surface area contributed by atoms with Gasteiger partial charge in [-0.15, -0.1) is 0 Å². The Morgan fingerprint density at radius 3 is 2.24 bits per heavy atom. The number of nitro groups is 1. The molecule has 92 valence electrons. The Morgan fingerprint density at radius 2 is 1.82 bits per heavy atom. The average molecular weight is 237 g/mol. The second-order valence-electron chi connectivity index (χ2n) is 3.65. The molecule has 0 aromatic heterocycles. The van der Waals surface area contributed by atoms with Crippen molar-refractivity contribution in [3.63, 3.8) is 0 Å². The second-order valence-corrected chi connectivity index (χ2v) is 3.65. The number of nitro benzene ring substituents is 1. The molecule has 0 fully saturated rings. The summed E-state index contributed by atoms with van der Waals surface area (Å²) in [4.78, 5) is 21.6. The van der Waals surface area contributed by atoms with Gasteiger partial charge >= 0.3 is 5.97 Å². The van der Waals surface area contributed by atoms with Gasteiger partial charge in [0.25, 0.3) is 5.69 Å². The van der Waals surface area contributed by atoms with Gasteiger partial charge in [0.05, 0.1) is 10.5 Å². The highest BCUT2D eigenvalue weighted by atomic mass is 16.6. The number of hydrogen-bond donors (Lipinski definition) is 0. The van der Waals surface area contributed by atoms with Gasteiger partial charge in [0, 0.05) is 12.1 Å². The fourth-order valence-corrected chi connectivity index (χ4v) is 1.39. The molecule has 0 aliphatic carbocycles. The monoisotopic (exact) mass is 237 g/mol. The Bertz CT molecular complexity index is 395. The summed E-state index contributed by atoms with van der Waals surface area (Å²) in [5.74, 6) is -0.436. The van der Waals surface area contributed by atoms with Crippen molar-refractivity contribution in [2.75, 3.05) is 0 Å². The summed E-state index contributed by atoms with van der Waals surface area (Å²) in [6, 6.07) is 5.40. The summed E-state index contributed by atoms with van der Waals surface area (Å²) in [5.41, 5.74) is 0.298. The molecule has 5 nitrogen and oxygen atoms in total. The highest BCUT2D eigenvalue weighted by Gasteiger charge is 2.14. The van der Waals surface area contributed by atoms with E-state index in [1.54, 1.807) is 0 Å². The van der Waals surface area contributed by atoms with Crippen molar-refractivity contribution in [1.82, 2.24) is 0 Å². The molecule has 0 radical (unpaired) electrons. The first-order chi connectivity index (χ1) is 8.08. The molecule has 1 rings (SSSR count). The van der Waals surface area contributed by atoms with Gasteiger partial charge in [-0.2, -0.15) is 0 Å². The third-order valence-electron chi connectivity index (χ3n) is 2.50. The van der Waals surface area contributed by atoms with E-state index in [2.05, 4.69) is 0 Å². The van der Waals surface area contributed by atoms with E-state index in [0.717, 1.165) is 12.8 Å². The molecule has 0 aliphatic rings. The molecule has 0 saturated heterocycles. The van der Waals surface area contributed by atoms with Crippen LogP contribution in [0.3, 0.4) is 0 Å². The molecule has 1 aromatic rings. The van der Waals surface area contributed by atoms with Gasteiger partial charge in [-0.3, -0.25) is 10.1 Å². The van der Waals surface area contributed by atoms with Crippen LogP contribution < -0.4 is 0 Å². The highest BCUT2D eigenvalue weighted by Crippen LogP contribution is 2.14. The number of rotatable bonds is 5. The number of nitrogens with zero attached hydrogens (tertiary/aromatic N) is 1. The predicted octanol–water partition coefficient (Wildman–Crippen LogP) is 2.94. The average Bonchev–Trinajstić information content (AvgIpc) is 2.35. The maximum atomic E-state index is 11.7. The van der Waals surface area contributed by atoms with Crippen molar-refractivity contribution in [2.24, 2.45) is 0 Å². The van der Waals surface area contributed by atoms with E-state index in [1.807, 2.05) is 13.8 Å². The van der Waals surface area contributed by atoms with Crippen molar-refractivity contribution < 1.29 is 14.5 Å². The van der Waals surface area contributed by atoms with Crippen molar-refractivity contribution in [2.45, 2.75) is 32.8 Å². The zero-order valence-corrected chi connectivity index (χ0v) is 9.88. The van der Waals surface area contributed by atoms with Crippen molar-refractivity contribution in [3.8, 4) is 0 Å². The van der Waals surface area contributed by atoms with Crippen LogP contribution in [0.2, 0.25) is 0 Å². The number of non-ortho nitro benzene ring substituents is 1. The van der Waals surface area contributed by atoms with Crippen LogP contribution >= 0.6 is 0 Å². The van der Waals surface area contributed by atoms with E-state index in [4.69, 9.17) is 4.74 Å². The van der Waals surface area contributed by atoms with Crippen LogP contribution in [0.15, 0.2) is 24.3 Å². The Labute approximate surface area is 99.5 Å². The van der Waals surface area contributed by atoms with Crippen molar-refractivity contribution in [3.05, 3.63) is 39.9 Å². The van der Waals surface area contributed by atoms with Crippen LogP contribution in [0.4, 0.5) is 5.69 Å². The first-order valence-electron chi connectivity index (χ1n) is 5.53. The molecule has 0 bridgehead atoms. The first-order valence-corrected chi connectivity index (χ1v) is 5.53. The van der Waals surface area contributed by atoms with Crippen molar-refractivity contribution in [1.29, 1.82) is 0 Å². The number of carbonyl (C=O) groups is 1. The molecular formula is C12H15NO4. The highest BCUT2D eigenvalue weighted by molar-refractivity contribution is 5.89. The molecule has 0 unspecified atom stereocenters. The molecule has 1 aromatic carbocycles. The second kappa shape index (κ2) is 5.98. The van der Waals surface area contributed by atoms with Gasteiger partial charge < -0.3 is 4.74 Å². The minimum Gasteiger partial charge on any atom is -0.459 e. The smallest absolute Gasteiger partial charge is 0.338 e. The van der Waals surface area contributed by atoms with E-state index in [-0.39, 0.29) is 11.8 Å². The summed E-state index contributed by atoms with van der Waals surface area (Å²) in [6.45, 7) is 3.88. The SMILES string of the molecule is CCC(CC)OC(=O)c1ccc([N+](=O)[O-])cc1. The predicted molar refractivity (Wildman–Crippen MR) is 62.9 cm³/mol. The molecule has 0 spiro atoms. The lowest BCUT2D eigenvalue weighted by molar-refractivity contribution is -0.384. The van der Waals surface area contributed by atoms with E-state index in [0.29, 0.717) is 5.56 Å². The third-order valence-corrected chi connectivity index (χ3v) is 2.50. The summed E-state index contributed by atoms with van der Waals surface area (Å²) < 4.78 is 5.23. The first kappa shape index (κ1) is 13.2. The van der Waals surface area contributed by atoms with Crippen LogP contribution in [0, 0.1) is 10.1 Å². The molecule has 0 heterocycles. The standard InChI is InChI=1S/C12H15NO4/c1-3-11(4-2)17-12(14)9-5-7-10(8-6-9)13(15)16/h5-8,11H,3-4H2,1-2H3. The zero-order chi connectivity index (χ0) is 12.8. The molecule has 0 aliphatic heterocycles. The minimum atomic E-state index is -0.504. The number of carbonyl (C=O) groups excluding carboxylic acids is 1. The quantitative estimate of drug-likeness (QED) is 0.448. The van der Waals surface area contributed by atoms with Crippen molar-refractivity contribution >= 4 is 11.7 Å². The normalized spacial score (nSPS) is 10.3. The van der Waals surface area contributed by atoms with Crippen LogP contribution in [0.1, 0.15) is 37.0 Å². The number of esters is 1. The topological polar surface area (TPSA) is 69.4 Å². The van der Waals surface area contributed by atoms with Gasteiger partial charge in [-0.05, 0) is 25.0 Å². The van der Waals surface area contributed by atoms with Gasteiger partial charge in [0.1, 0.15) is 6.10 Å². The van der Waals surface area contributed by atoms with E-state index >= 15 is 0 Å². The Morgan fingerprint density at radius 1 is 1.29 bits per heavy atom. The molecule has 0 atom stereocenters. The van der Waals surface area contributed by atoms with E-state index in [1.165, 1.54) is 24.3 Å². The Kier molecular flexibility index (Phi) is 4.63. The van der Waals surface area contributed by atoms with Gasteiger partial charge in [0.2, 0.25) is 0 Å². The van der Waals surface area contributed by atoms with Crippen LogP contribution in [0.5, 0.6) is 0 Å². The lowest BCUT2D eigenvalue weighted by Crippen LogP contribution is -2.16. The molecule has 0 saturated carbocycles. The molecule has 5 heteroatoms. The van der Waals surface area contributed by atoms with Crippen LogP contribution in [0.25, 0.3) is 0 Å². The molecule has 0 amide bonds. The Hall–Kier alpha value is -1.91. The van der Waals surface area contributed by atoms with Gasteiger partial charge in [0.15, 0.2) is 0 Å². The Balaban J connectivity index is 2.73. The van der Waals surface area contributed by atoms with E-state index in [9.17, 15) is 14.9 Å². The lowest BCUT2D eigenvalue weighted by Gasteiger charge is -2.13. The van der Waals surface area contributed by atoms with Gasteiger partial charge in [-0.25, -0.2) is 4.79 Å². The fraction of sp³-hybridized carbons (Fsp3) is 0.417. The number of benzene rings is 1. The largest absolute Gasteiger partial charge is 0.459 e. The molecular weight excluding hydrogens is 222 g/mol. The van der Waals surface area contributed by atoms with Crippen LogP contribution in [-0.4, -0.2) is 17.0 Å². The zero-order valence-electron chi connectivity index (χ0n) is 9.88. The van der Waals surface area contributed by atoms with E-state index < -0.39 is 10.9 Å². The summed E-state index contributed by atoms with van der Waals surface area (Å²) in [6.07, 6.45) is 1.42. The summed E-state index contributed by atoms with van der Waals surface area (Å²) in [5, 5.41) is 10.4.